The maximum absolute atomic E-state index is 12.1. The molecule has 0 unspecified atom stereocenters. The molecule has 0 aromatic heterocycles. The van der Waals surface area contributed by atoms with Crippen molar-refractivity contribution in [3.8, 4) is 0 Å². The number of hydrogen-bond donors (Lipinski definition) is 1. The van der Waals surface area contributed by atoms with E-state index in [-0.39, 0.29) is 18.3 Å². The van der Waals surface area contributed by atoms with E-state index in [4.69, 9.17) is 9.84 Å². The highest BCUT2D eigenvalue weighted by atomic mass is 16.5. The van der Waals surface area contributed by atoms with Gasteiger partial charge in [0.05, 0.1) is 6.61 Å². The Morgan fingerprint density at radius 2 is 1.88 bits per heavy atom. The minimum Gasteiger partial charge on any atom is -0.392 e. The van der Waals surface area contributed by atoms with Crippen molar-refractivity contribution in [3.63, 3.8) is 0 Å². The molecule has 0 spiro atoms. The van der Waals surface area contributed by atoms with Gasteiger partial charge in [-0.25, -0.2) is 0 Å². The zero-order valence-corrected chi connectivity index (χ0v) is 9.19. The second-order valence-corrected chi connectivity index (χ2v) is 4.11. The molecule has 1 aromatic rings. The van der Waals surface area contributed by atoms with Crippen molar-refractivity contribution in [2.45, 2.75) is 19.4 Å². The van der Waals surface area contributed by atoms with Gasteiger partial charge in [0.2, 0.25) is 0 Å². The molecule has 86 valence electrons. The third-order valence-corrected chi connectivity index (χ3v) is 3.01. The summed E-state index contributed by atoms with van der Waals surface area (Å²) in [6.45, 7) is 1.39. The molecule has 0 bridgehead atoms. The summed E-state index contributed by atoms with van der Waals surface area (Å²) in [5, 5.41) is 8.91. The van der Waals surface area contributed by atoms with Gasteiger partial charge in [-0.2, -0.15) is 0 Å². The summed E-state index contributed by atoms with van der Waals surface area (Å²) in [4.78, 5) is 12.1. The molecule has 3 nitrogen and oxygen atoms in total. The van der Waals surface area contributed by atoms with Crippen LogP contribution in [0.5, 0.6) is 0 Å². The molecule has 1 N–H and O–H groups in total. The lowest BCUT2D eigenvalue weighted by molar-refractivity contribution is 0.0545. The van der Waals surface area contributed by atoms with Gasteiger partial charge in [-0.1, -0.05) is 24.3 Å². The van der Waals surface area contributed by atoms with Crippen LogP contribution in [0.15, 0.2) is 24.3 Å². The van der Waals surface area contributed by atoms with Crippen LogP contribution in [0.1, 0.15) is 28.8 Å². The first-order chi connectivity index (χ1) is 7.81. The van der Waals surface area contributed by atoms with E-state index in [0.717, 1.165) is 24.0 Å². The van der Waals surface area contributed by atoms with E-state index in [2.05, 4.69) is 0 Å². The minimum atomic E-state index is 0.0196. The maximum Gasteiger partial charge on any atom is 0.166 e. The SMILES string of the molecule is O=C(c1ccc(CO)cc1)C1CCOCC1. The topological polar surface area (TPSA) is 46.5 Å². The number of hydrogen-bond acceptors (Lipinski definition) is 3. The number of ketones is 1. The Balaban J connectivity index is 2.07. The molecular formula is C13H16O3. The molecule has 0 saturated carbocycles. The highest BCUT2D eigenvalue weighted by Crippen LogP contribution is 2.20. The predicted molar refractivity (Wildman–Crippen MR) is 60.2 cm³/mol. The summed E-state index contributed by atoms with van der Waals surface area (Å²) in [5.74, 6) is 0.307. The molecular weight excluding hydrogens is 204 g/mol. The summed E-state index contributed by atoms with van der Waals surface area (Å²) >= 11 is 0. The molecule has 0 atom stereocenters. The van der Waals surface area contributed by atoms with Gasteiger partial charge in [0.1, 0.15) is 0 Å². The van der Waals surface area contributed by atoms with E-state index >= 15 is 0 Å². The Morgan fingerprint density at radius 3 is 2.44 bits per heavy atom. The molecule has 1 aliphatic rings. The fourth-order valence-corrected chi connectivity index (χ4v) is 1.97. The van der Waals surface area contributed by atoms with Gasteiger partial charge in [0, 0.05) is 24.7 Å². The van der Waals surface area contributed by atoms with Crippen molar-refractivity contribution in [1.82, 2.24) is 0 Å². The zero-order chi connectivity index (χ0) is 11.4. The van der Waals surface area contributed by atoms with Gasteiger partial charge >= 0.3 is 0 Å². The first-order valence-corrected chi connectivity index (χ1v) is 5.63. The number of aliphatic hydroxyl groups is 1. The molecule has 3 heteroatoms. The number of rotatable bonds is 3. The van der Waals surface area contributed by atoms with E-state index in [1.165, 1.54) is 0 Å². The highest BCUT2D eigenvalue weighted by molar-refractivity contribution is 5.97. The van der Waals surface area contributed by atoms with Gasteiger partial charge in [0.25, 0.3) is 0 Å². The van der Waals surface area contributed by atoms with E-state index in [0.29, 0.717) is 13.2 Å². The standard InChI is InChI=1S/C13H16O3/c14-9-10-1-3-11(4-2-10)13(15)12-5-7-16-8-6-12/h1-4,12,14H,5-9H2. The fourth-order valence-electron chi connectivity index (χ4n) is 1.97. The molecule has 1 fully saturated rings. The predicted octanol–water partition coefficient (Wildman–Crippen LogP) is 1.79. The second kappa shape index (κ2) is 5.23. The van der Waals surface area contributed by atoms with Crippen LogP contribution in [0.4, 0.5) is 0 Å². The summed E-state index contributed by atoms with van der Waals surface area (Å²) in [6, 6.07) is 7.19. The third kappa shape index (κ3) is 2.49. The second-order valence-electron chi connectivity index (χ2n) is 4.11. The number of Topliss-reactive ketones (excluding diaryl/α,β-unsaturated/α-hetero) is 1. The van der Waals surface area contributed by atoms with E-state index in [1.54, 1.807) is 24.3 Å². The average Bonchev–Trinajstić information content (AvgIpc) is 2.39. The lowest BCUT2D eigenvalue weighted by Gasteiger charge is -2.20. The first kappa shape index (κ1) is 11.3. The van der Waals surface area contributed by atoms with Gasteiger partial charge in [0.15, 0.2) is 5.78 Å². The molecule has 0 aliphatic carbocycles. The van der Waals surface area contributed by atoms with Crippen molar-refractivity contribution in [2.75, 3.05) is 13.2 Å². The van der Waals surface area contributed by atoms with Gasteiger partial charge < -0.3 is 9.84 Å². The average molecular weight is 220 g/mol. The highest BCUT2D eigenvalue weighted by Gasteiger charge is 2.22. The fraction of sp³-hybridized carbons (Fsp3) is 0.462. The summed E-state index contributed by atoms with van der Waals surface area (Å²) in [7, 11) is 0. The smallest absolute Gasteiger partial charge is 0.166 e. The van der Waals surface area contributed by atoms with Crippen molar-refractivity contribution in [3.05, 3.63) is 35.4 Å². The number of carbonyl (C=O) groups is 1. The van der Waals surface area contributed by atoms with Crippen LogP contribution >= 0.6 is 0 Å². The number of carbonyl (C=O) groups excluding carboxylic acids is 1. The van der Waals surface area contributed by atoms with E-state index in [9.17, 15) is 4.79 Å². The normalized spacial score (nSPS) is 17.3. The van der Waals surface area contributed by atoms with Crippen LogP contribution in [-0.4, -0.2) is 24.1 Å². The summed E-state index contributed by atoms with van der Waals surface area (Å²) < 4.78 is 5.24. The van der Waals surface area contributed by atoms with Crippen LogP contribution in [0, 0.1) is 5.92 Å². The summed E-state index contributed by atoms with van der Waals surface area (Å²) in [5.41, 5.74) is 1.58. The number of aliphatic hydroxyl groups excluding tert-OH is 1. The molecule has 1 aromatic carbocycles. The maximum atomic E-state index is 12.1. The largest absolute Gasteiger partial charge is 0.392 e. The van der Waals surface area contributed by atoms with E-state index < -0.39 is 0 Å². The van der Waals surface area contributed by atoms with Gasteiger partial charge in [-0.15, -0.1) is 0 Å². The molecule has 0 amide bonds. The number of ether oxygens (including phenoxy) is 1. The van der Waals surface area contributed by atoms with Gasteiger partial charge in [-0.3, -0.25) is 4.79 Å². The Labute approximate surface area is 95.0 Å². The quantitative estimate of drug-likeness (QED) is 0.790. The molecule has 2 rings (SSSR count). The van der Waals surface area contributed by atoms with Crippen molar-refractivity contribution < 1.29 is 14.6 Å². The Kier molecular flexibility index (Phi) is 3.70. The third-order valence-electron chi connectivity index (χ3n) is 3.01. The van der Waals surface area contributed by atoms with Crippen LogP contribution in [0.25, 0.3) is 0 Å². The van der Waals surface area contributed by atoms with Crippen LogP contribution in [0.3, 0.4) is 0 Å². The molecule has 16 heavy (non-hydrogen) atoms. The summed E-state index contributed by atoms with van der Waals surface area (Å²) in [6.07, 6.45) is 1.64. The molecule has 0 radical (unpaired) electrons. The zero-order valence-electron chi connectivity index (χ0n) is 9.19. The molecule has 1 saturated heterocycles. The first-order valence-electron chi connectivity index (χ1n) is 5.63. The lowest BCUT2D eigenvalue weighted by Crippen LogP contribution is -2.23. The van der Waals surface area contributed by atoms with Crippen LogP contribution < -0.4 is 0 Å². The van der Waals surface area contributed by atoms with E-state index in [1.807, 2.05) is 0 Å². The van der Waals surface area contributed by atoms with Crippen molar-refractivity contribution in [2.24, 2.45) is 5.92 Å². The van der Waals surface area contributed by atoms with Gasteiger partial charge in [-0.05, 0) is 18.4 Å². The Hall–Kier alpha value is -1.19. The van der Waals surface area contributed by atoms with Crippen LogP contribution in [-0.2, 0) is 11.3 Å². The number of benzene rings is 1. The van der Waals surface area contributed by atoms with Crippen LogP contribution in [0.2, 0.25) is 0 Å². The molecule has 1 heterocycles. The van der Waals surface area contributed by atoms with Crippen molar-refractivity contribution in [1.29, 1.82) is 0 Å². The minimum absolute atomic E-state index is 0.0196. The Morgan fingerprint density at radius 1 is 1.25 bits per heavy atom. The van der Waals surface area contributed by atoms with Crippen molar-refractivity contribution >= 4 is 5.78 Å². The lowest BCUT2D eigenvalue weighted by atomic mass is 9.91. The Bertz CT molecular complexity index is 350. The monoisotopic (exact) mass is 220 g/mol. The molecule has 1 aliphatic heterocycles.